The van der Waals surface area contributed by atoms with E-state index in [1.807, 2.05) is 31.2 Å². The smallest absolute Gasteiger partial charge is 0.293 e. The molecule has 1 N–H and O–H groups in total. The molecule has 1 amide bonds. The summed E-state index contributed by atoms with van der Waals surface area (Å²) in [7, 11) is -3.69. The van der Waals surface area contributed by atoms with E-state index in [2.05, 4.69) is 10.3 Å². The second kappa shape index (κ2) is 7.31. The molecule has 4 rings (SSSR count). The molecule has 1 atom stereocenters. The lowest BCUT2D eigenvalue weighted by Gasteiger charge is -2.29. The third kappa shape index (κ3) is 3.57. The number of aryl methyl sites for hydroxylation is 1. The van der Waals surface area contributed by atoms with E-state index in [-0.39, 0.29) is 16.4 Å². The van der Waals surface area contributed by atoms with Gasteiger partial charge in [-0.25, -0.2) is 13.4 Å². The molecule has 3 aromatic rings. The predicted octanol–water partition coefficient (Wildman–Crippen LogP) is 3.87. The zero-order valence-corrected chi connectivity index (χ0v) is 17.3. The molecule has 1 fully saturated rings. The maximum atomic E-state index is 13.0. The number of anilines is 1. The van der Waals surface area contributed by atoms with Gasteiger partial charge in [-0.2, -0.15) is 4.31 Å². The fraction of sp³-hybridized carbons (Fsp3) is 0.368. The molecule has 0 saturated carbocycles. The van der Waals surface area contributed by atoms with Crippen molar-refractivity contribution in [2.24, 2.45) is 5.92 Å². The number of nitrogens with zero attached hydrogens (tertiary/aromatic N) is 2. The van der Waals surface area contributed by atoms with Crippen LogP contribution in [0.25, 0.3) is 10.2 Å². The number of nitrogens with one attached hydrogen (secondary N) is 1. The normalized spacial score (nSPS) is 18.4. The van der Waals surface area contributed by atoms with Gasteiger partial charge in [0.1, 0.15) is 10.7 Å². The average molecular weight is 420 g/mol. The number of sulfonamides is 1. The Bertz CT molecular complexity index is 1100. The maximum absolute atomic E-state index is 13.0. The first-order chi connectivity index (χ1) is 13.3. The number of hydrogen-bond donors (Lipinski definition) is 1. The Morgan fingerprint density at radius 2 is 2.14 bits per heavy atom. The molecule has 28 heavy (non-hydrogen) atoms. The van der Waals surface area contributed by atoms with Gasteiger partial charge in [0.15, 0.2) is 10.9 Å². The first-order valence-electron chi connectivity index (χ1n) is 9.12. The fourth-order valence-electron chi connectivity index (χ4n) is 3.42. The van der Waals surface area contributed by atoms with Crippen molar-refractivity contribution in [3.05, 3.63) is 41.9 Å². The number of amides is 1. The zero-order chi connectivity index (χ0) is 19.9. The lowest BCUT2D eigenvalue weighted by Crippen LogP contribution is -2.39. The van der Waals surface area contributed by atoms with Crippen LogP contribution in [0.15, 0.2) is 39.6 Å². The Hall–Kier alpha value is -2.23. The second-order valence-corrected chi connectivity index (χ2v) is 10.0. The van der Waals surface area contributed by atoms with Crippen molar-refractivity contribution in [2.75, 3.05) is 18.4 Å². The molecule has 1 aromatic carbocycles. The summed E-state index contributed by atoms with van der Waals surface area (Å²) < 4.78 is 33.9. The van der Waals surface area contributed by atoms with E-state index >= 15 is 0 Å². The van der Waals surface area contributed by atoms with Crippen molar-refractivity contribution >= 4 is 42.6 Å². The number of benzene rings is 1. The summed E-state index contributed by atoms with van der Waals surface area (Å²) in [5.41, 5.74) is 0.793. The highest BCUT2D eigenvalue weighted by Crippen LogP contribution is 2.29. The van der Waals surface area contributed by atoms with Gasteiger partial charge in [0.25, 0.3) is 5.91 Å². The molecule has 2 aromatic heterocycles. The van der Waals surface area contributed by atoms with E-state index in [1.54, 1.807) is 6.92 Å². The third-order valence-electron chi connectivity index (χ3n) is 4.85. The van der Waals surface area contributed by atoms with E-state index in [0.29, 0.717) is 24.1 Å². The molecule has 9 heteroatoms. The van der Waals surface area contributed by atoms with Crippen LogP contribution >= 0.6 is 11.3 Å². The third-order valence-corrected chi connectivity index (χ3v) is 7.77. The second-order valence-electron chi connectivity index (χ2n) is 7.08. The Morgan fingerprint density at radius 3 is 2.89 bits per heavy atom. The first kappa shape index (κ1) is 19.1. The molecule has 0 bridgehead atoms. The number of carbonyl (C=O) groups is 1. The summed E-state index contributed by atoms with van der Waals surface area (Å²) >= 11 is 1.35. The van der Waals surface area contributed by atoms with Gasteiger partial charge in [-0.05, 0) is 37.8 Å². The number of fused-ring (bicyclic) bond motifs is 1. The topological polar surface area (TPSA) is 92.5 Å². The largest absolute Gasteiger partial charge is 0.455 e. The van der Waals surface area contributed by atoms with Crippen LogP contribution in [0, 0.1) is 12.8 Å². The molecular formula is C19H21N3O4S2. The van der Waals surface area contributed by atoms with E-state index in [4.69, 9.17) is 4.42 Å². The van der Waals surface area contributed by atoms with E-state index in [9.17, 15) is 13.2 Å². The van der Waals surface area contributed by atoms with Gasteiger partial charge < -0.3 is 4.42 Å². The summed E-state index contributed by atoms with van der Waals surface area (Å²) in [4.78, 5) is 17.0. The van der Waals surface area contributed by atoms with Crippen LogP contribution in [0.5, 0.6) is 0 Å². The number of rotatable bonds is 4. The Morgan fingerprint density at radius 1 is 1.36 bits per heavy atom. The van der Waals surface area contributed by atoms with Crippen LogP contribution in [0.1, 0.15) is 36.1 Å². The van der Waals surface area contributed by atoms with Crippen LogP contribution in [0.3, 0.4) is 0 Å². The van der Waals surface area contributed by atoms with E-state index < -0.39 is 15.9 Å². The molecule has 7 nitrogen and oxygen atoms in total. The molecule has 0 spiro atoms. The molecule has 0 radical (unpaired) electrons. The number of carbonyl (C=O) groups excluding carboxylic acids is 1. The number of para-hydroxylation sites is 1. The molecule has 0 unspecified atom stereocenters. The molecule has 1 aliphatic rings. The molecule has 0 aliphatic carbocycles. The summed E-state index contributed by atoms with van der Waals surface area (Å²) in [5.74, 6) is -0.0266. The minimum atomic E-state index is -3.69. The van der Waals surface area contributed by atoms with Crippen molar-refractivity contribution in [2.45, 2.75) is 31.6 Å². The number of hydrogen-bond acceptors (Lipinski definition) is 6. The Balaban J connectivity index is 1.57. The lowest BCUT2D eigenvalue weighted by molar-refractivity contribution is 0.0995. The van der Waals surface area contributed by atoms with Crippen LogP contribution in [0.2, 0.25) is 0 Å². The monoisotopic (exact) mass is 419 g/mol. The van der Waals surface area contributed by atoms with E-state index in [0.717, 1.165) is 23.1 Å². The first-order valence-corrected chi connectivity index (χ1v) is 11.4. The molecule has 3 heterocycles. The molecule has 1 aliphatic heterocycles. The summed E-state index contributed by atoms with van der Waals surface area (Å²) in [6.45, 7) is 4.58. The van der Waals surface area contributed by atoms with Crippen LogP contribution < -0.4 is 5.32 Å². The number of thiazole rings is 1. The summed E-state index contributed by atoms with van der Waals surface area (Å²) in [6.07, 6.45) is 1.86. The van der Waals surface area contributed by atoms with Crippen LogP contribution in [-0.2, 0) is 10.0 Å². The van der Waals surface area contributed by atoms with Crippen molar-refractivity contribution in [1.82, 2.24) is 9.29 Å². The SMILES string of the molecule is Cc1oc(C(=O)Nc2nc3ccccc3s2)cc1S(=O)(=O)N1CCC[C@@H](C)C1. The van der Waals surface area contributed by atoms with E-state index in [1.165, 1.54) is 21.7 Å². The van der Waals surface area contributed by atoms with Gasteiger partial charge in [-0.1, -0.05) is 30.4 Å². The van der Waals surface area contributed by atoms with Gasteiger partial charge in [-0.15, -0.1) is 0 Å². The number of aromatic nitrogens is 1. The number of piperidine rings is 1. The highest BCUT2D eigenvalue weighted by atomic mass is 32.2. The van der Waals surface area contributed by atoms with Gasteiger partial charge in [-0.3, -0.25) is 10.1 Å². The zero-order valence-electron chi connectivity index (χ0n) is 15.6. The number of furan rings is 1. The van der Waals surface area contributed by atoms with Crippen LogP contribution in [-0.4, -0.2) is 36.7 Å². The molecule has 1 saturated heterocycles. The fourth-order valence-corrected chi connectivity index (χ4v) is 6.04. The quantitative estimate of drug-likeness (QED) is 0.693. The summed E-state index contributed by atoms with van der Waals surface area (Å²) in [5, 5.41) is 3.13. The minimum absolute atomic E-state index is 0.0413. The standard InChI is InChI=1S/C19H21N3O4S2/c1-12-6-5-9-22(11-12)28(24,25)17-10-15(26-13(17)2)18(23)21-19-20-14-7-3-4-8-16(14)27-19/h3-4,7-8,10,12H,5-6,9,11H2,1-2H3,(H,20,21,23)/t12-/m1/s1. The average Bonchev–Trinajstić information content (AvgIpc) is 3.24. The molecule has 148 valence electrons. The van der Waals surface area contributed by atoms with Crippen molar-refractivity contribution in [3.8, 4) is 0 Å². The van der Waals surface area contributed by atoms with Crippen molar-refractivity contribution < 1.29 is 17.6 Å². The molecular weight excluding hydrogens is 398 g/mol. The Labute approximate surface area is 167 Å². The van der Waals surface area contributed by atoms with Gasteiger partial charge >= 0.3 is 0 Å². The Kier molecular flexibility index (Phi) is 4.98. The van der Waals surface area contributed by atoms with Crippen LogP contribution in [0.4, 0.5) is 5.13 Å². The van der Waals surface area contributed by atoms with Crippen molar-refractivity contribution in [3.63, 3.8) is 0 Å². The highest BCUT2D eigenvalue weighted by molar-refractivity contribution is 7.89. The minimum Gasteiger partial charge on any atom is -0.455 e. The highest BCUT2D eigenvalue weighted by Gasteiger charge is 2.32. The van der Waals surface area contributed by atoms with Gasteiger partial charge in [0.05, 0.1) is 10.2 Å². The lowest BCUT2D eigenvalue weighted by atomic mass is 10.0. The van der Waals surface area contributed by atoms with Crippen molar-refractivity contribution in [1.29, 1.82) is 0 Å². The summed E-state index contributed by atoms with van der Waals surface area (Å²) in [6, 6.07) is 8.88. The van der Waals surface area contributed by atoms with Gasteiger partial charge in [0, 0.05) is 19.2 Å². The maximum Gasteiger partial charge on any atom is 0.293 e. The predicted molar refractivity (Wildman–Crippen MR) is 108 cm³/mol. The van der Waals surface area contributed by atoms with Gasteiger partial charge in [0.2, 0.25) is 10.0 Å².